The molecule has 0 heterocycles. The summed E-state index contributed by atoms with van der Waals surface area (Å²) in [7, 11) is 0. The molecule has 3 nitrogen and oxygen atoms in total. The van der Waals surface area contributed by atoms with Crippen LogP contribution < -0.4 is 11.1 Å². The number of nitrogens with two attached hydrogens (primary N) is 1. The van der Waals surface area contributed by atoms with Gasteiger partial charge in [0.05, 0.1) is 6.04 Å². The Labute approximate surface area is 116 Å². The fourth-order valence-corrected chi connectivity index (χ4v) is 4.81. The predicted octanol–water partition coefficient (Wildman–Crippen LogP) is 2.30. The van der Waals surface area contributed by atoms with Gasteiger partial charge in [0.25, 0.3) is 0 Å². The molecule has 4 fully saturated rings. The van der Waals surface area contributed by atoms with Gasteiger partial charge < -0.3 is 11.1 Å². The summed E-state index contributed by atoms with van der Waals surface area (Å²) >= 11 is 0. The maximum Gasteiger partial charge on any atom is 0.237 e. The number of carbonyl (C=O) groups excluding carboxylic acids is 1. The van der Waals surface area contributed by atoms with E-state index in [9.17, 15) is 4.79 Å². The first-order valence-corrected chi connectivity index (χ1v) is 7.90. The van der Waals surface area contributed by atoms with Gasteiger partial charge in [-0.2, -0.15) is 0 Å². The molecule has 4 rings (SSSR count). The van der Waals surface area contributed by atoms with E-state index in [1.165, 1.54) is 32.1 Å². The minimum absolute atomic E-state index is 0.0602. The van der Waals surface area contributed by atoms with Crippen LogP contribution in [0.4, 0.5) is 0 Å². The summed E-state index contributed by atoms with van der Waals surface area (Å²) in [4.78, 5) is 12.3. The normalized spacial score (nSPS) is 42.2. The third-order valence-electron chi connectivity index (χ3n) is 5.75. The van der Waals surface area contributed by atoms with E-state index >= 15 is 0 Å². The summed E-state index contributed by atoms with van der Waals surface area (Å²) < 4.78 is 0. The summed E-state index contributed by atoms with van der Waals surface area (Å²) in [5, 5.41) is 3.30. The van der Waals surface area contributed by atoms with Crippen LogP contribution >= 0.6 is 0 Å². The van der Waals surface area contributed by atoms with Gasteiger partial charge in [0.2, 0.25) is 5.91 Å². The van der Waals surface area contributed by atoms with Crippen LogP contribution in [0.3, 0.4) is 0 Å². The Balaban J connectivity index is 1.66. The Kier molecular flexibility index (Phi) is 3.16. The fourth-order valence-electron chi connectivity index (χ4n) is 4.81. The lowest BCUT2D eigenvalue weighted by molar-refractivity contribution is -0.128. The first-order chi connectivity index (χ1) is 8.84. The minimum atomic E-state index is -0.398. The van der Waals surface area contributed by atoms with Crippen molar-refractivity contribution >= 4 is 5.91 Å². The lowest BCUT2D eigenvalue weighted by Crippen LogP contribution is -2.59. The molecule has 3 N–H and O–H groups in total. The smallest absolute Gasteiger partial charge is 0.237 e. The maximum atomic E-state index is 12.3. The van der Waals surface area contributed by atoms with E-state index in [-0.39, 0.29) is 11.3 Å². The Hall–Kier alpha value is -0.570. The Morgan fingerprint density at radius 2 is 1.53 bits per heavy atom. The summed E-state index contributed by atoms with van der Waals surface area (Å²) in [6, 6.07) is 0.0124. The van der Waals surface area contributed by atoms with Crippen molar-refractivity contribution in [3.8, 4) is 0 Å². The number of nitrogens with one attached hydrogen (secondary N) is 1. The largest absolute Gasteiger partial charge is 0.351 e. The van der Waals surface area contributed by atoms with E-state index in [2.05, 4.69) is 5.32 Å². The Bertz CT molecular complexity index is 343. The second-order valence-electron chi connectivity index (χ2n) is 8.31. The average Bonchev–Trinajstić information content (AvgIpc) is 2.30. The average molecular weight is 264 g/mol. The molecule has 19 heavy (non-hydrogen) atoms. The first-order valence-electron chi connectivity index (χ1n) is 7.90. The molecule has 4 bridgehead atoms. The SMILES string of the molecule is CC(C)(C)[C@H](N)C(=O)NC1C2CC3CC(C2)CC1C3. The molecule has 3 heteroatoms. The van der Waals surface area contributed by atoms with Crippen LogP contribution in [0.1, 0.15) is 52.9 Å². The minimum Gasteiger partial charge on any atom is -0.351 e. The molecule has 0 aromatic carbocycles. The number of amides is 1. The molecule has 0 radical (unpaired) electrons. The zero-order chi connectivity index (χ0) is 13.8. The zero-order valence-electron chi connectivity index (χ0n) is 12.5. The molecule has 0 unspecified atom stereocenters. The fraction of sp³-hybridized carbons (Fsp3) is 0.938. The number of carbonyl (C=O) groups is 1. The Morgan fingerprint density at radius 3 is 1.95 bits per heavy atom. The highest BCUT2D eigenvalue weighted by Crippen LogP contribution is 2.53. The van der Waals surface area contributed by atoms with Gasteiger partial charge in [0, 0.05) is 6.04 Å². The lowest BCUT2D eigenvalue weighted by Gasteiger charge is -2.54. The van der Waals surface area contributed by atoms with Gasteiger partial charge in [-0.05, 0) is 61.2 Å². The lowest BCUT2D eigenvalue weighted by atomic mass is 9.54. The van der Waals surface area contributed by atoms with Crippen LogP contribution in [0.25, 0.3) is 0 Å². The molecule has 0 aliphatic heterocycles. The highest BCUT2D eigenvalue weighted by Gasteiger charge is 2.49. The van der Waals surface area contributed by atoms with Gasteiger partial charge in [0.15, 0.2) is 0 Å². The van der Waals surface area contributed by atoms with Crippen LogP contribution in [0, 0.1) is 29.1 Å². The number of rotatable bonds is 2. The monoisotopic (exact) mass is 264 g/mol. The molecule has 0 aromatic rings. The van der Waals surface area contributed by atoms with Gasteiger partial charge in [-0.3, -0.25) is 4.79 Å². The van der Waals surface area contributed by atoms with E-state index in [0.717, 1.165) is 23.7 Å². The van der Waals surface area contributed by atoms with Crippen molar-refractivity contribution in [1.29, 1.82) is 0 Å². The molecular weight excluding hydrogens is 236 g/mol. The summed E-state index contributed by atoms with van der Waals surface area (Å²) in [6.45, 7) is 6.11. The van der Waals surface area contributed by atoms with E-state index in [0.29, 0.717) is 6.04 Å². The zero-order valence-corrected chi connectivity index (χ0v) is 12.5. The van der Waals surface area contributed by atoms with Crippen molar-refractivity contribution in [2.75, 3.05) is 0 Å². The molecule has 4 aliphatic rings. The van der Waals surface area contributed by atoms with Crippen molar-refractivity contribution in [1.82, 2.24) is 5.32 Å². The predicted molar refractivity (Wildman–Crippen MR) is 76.4 cm³/mol. The van der Waals surface area contributed by atoms with Gasteiger partial charge in [0.1, 0.15) is 0 Å². The van der Waals surface area contributed by atoms with Crippen LogP contribution in [-0.2, 0) is 4.79 Å². The van der Waals surface area contributed by atoms with E-state index < -0.39 is 6.04 Å². The van der Waals surface area contributed by atoms with E-state index in [1.807, 2.05) is 20.8 Å². The molecular formula is C16H28N2O. The molecule has 1 amide bonds. The second kappa shape index (κ2) is 4.47. The van der Waals surface area contributed by atoms with Crippen molar-refractivity contribution in [2.45, 2.75) is 65.0 Å². The standard InChI is InChI=1S/C16H28N2O/c1-16(2,3)14(17)15(19)18-13-11-5-9-4-10(7-11)8-12(13)6-9/h9-14H,4-8,17H2,1-3H3,(H,18,19)/t9?,10?,11?,12?,13?,14-/m1/s1. The van der Waals surface area contributed by atoms with Crippen molar-refractivity contribution < 1.29 is 4.79 Å². The number of hydrogen-bond donors (Lipinski definition) is 2. The highest BCUT2D eigenvalue weighted by molar-refractivity contribution is 5.82. The van der Waals surface area contributed by atoms with Crippen molar-refractivity contribution in [3.05, 3.63) is 0 Å². The van der Waals surface area contributed by atoms with Gasteiger partial charge in [-0.25, -0.2) is 0 Å². The summed E-state index contributed by atoms with van der Waals surface area (Å²) in [5.41, 5.74) is 5.93. The van der Waals surface area contributed by atoms with Gasteiger partial charge in [-0.15, -0.1) is 0 Å². The quantitative estimate of drug-likeness (QED) is 0.804. The van der Waals surface area contributed by atoms with Crippen LogP contribution in [0.15, 0.2) is 0 Å². The molecule has 4 aliphatic carbocycles. The van der Waals surface area contributed by atoms with Crippen LogP contribution in [0.5, 0.6) is 0 Å². The van der Waals surface area contributed by atoms with Gasteiger partial charge in [-0.1, -0.05) is 20.8 Å². The molecule has 108 valence electrons. The molecule has 1 atom stereocenters. The van der Waals surface area contributed by atoms with Crippen LogP contribution in [0.2, 0.25) is 0 Å². The third-order valence-corrected chi connectivity index (χ3v) is 5.75. The summed E-state index contributed by atoms with van der Waals surface area (Å²) in [6.07, 6.45) is 6.80. The number of hydrogen-bond acceptors (Lipinski definition) is 2. The molecule has 0 aromatic heterocycles. The molecule has 0 saturated heterocycles. The van der Waals surface area contributed by atoms with Crippen LogP contribution in [-0.4, -0.2) is 18.0 Å². The topological polar surface area (TPSA) is 55.1 Å². The van der Waals surface area contributed by atoms with Crippen molar-refractivity contribution in [2.24, 2.45) is 34.8 Å². The molecule has 0 spiro atoms. The molecule has 4 saturated carbocycles. The Morgan fingerprint density at radius 1 is 1.05 bits per heavy atom. The summed E-state index contributed by atoms with van der Waals surface area (Å²) in [5.74, 6) is 3.42. The maximum absolute atomic E-state index is 12.3. The first kappa shape index (κ1) is 13.4. The van der Waals surface area contributed by atoms with E-state index in [1.54, 1.807) is 0 Å². The van der Waals surface area contributed by atoms with E-state index in [4.69, 9.17) is 5.73 Å². The second-order valence-corrected chi connectivity index (χ2v) is 8.31. The third kappa shape index (κ3) is 2.42. The van der Waals surface area contributed by atoms with Crippen molar-refractivity contribution in [3.63, 3.8) is 0 Å². The van der Waals surface area contributed by atoms with Gasteiger partial charge >= 0.3 is 0 Å². The highest BCUT2D eigenvalue weighted by atomic mass is 16.2.